The molecular formula is C14H20N2O2. The van der Waals surface area contributed by atoms with Gasteiger partial charge in [0.2, 0.25) is 5.91 Å². The van der Waals surface area contributed by atoms with Crippen LogP contribution >= 0.6 is 0 Å². The summed E-state index contributed by atoms with van der Waals surface area (Å²) in [5.41, 5.74) is 2.10. The normalized spacial score (nSPS) is 16.7. The van der Waals surface area contributed by atoms with Crippen molar-refractivity contribution in [3.05, 3.63) is 29.8 Å². The fraction of sp³-hybridized carbons (Fsp3) is 0.500. The summed E-state index contributed by atoms with van der Waals surface area (Å²) in [5, 5.41) is 11.7. The second kappa shape index (κ2) is 5.87. The van der Waals surface area contributed by atoms with Crippen LogP contribution in [0.4, 0.5) is 5.69 Å². The van der Waals surface area contributed by atoms with E-state index in [1.54, 1.807) is 7.05 Å². The first-order valence-corrected chi connectivity index (χ1v) is 6.41. The molecule has 4 nitrogen and oxygen atoms in total. The zero-order chi connectivity index (χ0) is 13.0. The van der Waals surface area contributed by atoms with Crippen molar-refractivity contribution in [3.63, 3.8) is 0 Å². The second-order valence-electron chi connectivity index (χ2n) is 4.70. The van der Waals surface area contributed by atoms with Crippen LogP contribution in [0.15, 0.2) is 24.3 Å². The summed E-state index contributed by atoms with van der Waals surface area (Å²) >= 11 is 0. The number of aliphatic hydroxyl groups is 1. The fourth-order valence-electron chi connectivity index (χ4n) is 2.42. The molecule has 2 N–H and O–H groups in total. The number of hydrogen-bond acceptors (Lipinski definition) is 3. The summed E-state index contributed by atoms with van der Waals surface area (Å²) in [6.45, 7) is 1.91. The zero-order valence-electron chi connectivity index (χ0n) is 10.7. The highest BCUT2D eigenvalue weighted by Gasteiger charge is 2.24. The third-order valence-electron chi connectivity index (χ3n) is 3.60. The highest BCUT2D eigenvalue weighted by molar-refractivity contribution is 5.78. The van der Waals surface area contributed by atoms with Gasteiger partial charge in [-0.25, -0.2) is 0 Å². The fourth-order valence-corrected chi connectivity index (χ4v) is 2.42. The van der Waals surface area contributed by atoms with Crippen LogP contribution in [0.5, 0.6) is 0 Å². The summed E-state index contributed by atoms with van der Waals surface area (Å²) in [5.74, 6) is 0.313. The van der Waals surface area contributed by atoms with Gasteiger partial charge in [0.25, 0.3) is 0 Å². The molecule has 4 heteroatoms. The second-order valence-corrected chi connectivity index (χ2v) is 4.70. The Morgan fingerprint density at radius 3 is 2.44 bits per heavy atom. The maximum atomic E-state index is 11.5. The van der Waals surface area contributed by atoms with Gasteiger partial charge in [-0.05, 0) is 30.5 Å². The number of amides is 1. The van der Waals surface area contributed by atoms with Crippen LogP contribution in [0.2, 0.25) is 0 Å². The molecule has 0 atom stereocenters. The third kappa shape index (κ3) is 2.82. The van der Waals surface area contributed by atoms with Crippen molar-refractivity contribution in [1.82, 2.24) is 5.32 Å². The van der Waals surface area contributed by atoms with Gasteiger partial charge in [-0.2, -0.15) is 0 Å². The van der Waals surface area contributed by atoms with Crippen LogP contribution in [0.25, 0.3) is 0 Å². The van der Waals surface area contributed by atoms with E-state index >= 15 is 0 Å². The van der Waals surface area contributed by atoms with Crippen molar-refractivity contribution in [3.8, 4) is 0 Å². The molecule has 0 saturated carbocycles. The van der Waals surface area contributed by atoms with E-state index in [2.05, 4.69) is 10.2 Å². The monoisotopic (exact) mass is 248 g/mol. The summed E-state index contributed by atoms with van der Waals surface area (Å²) in [6.07, 6.45) is 1.81. The summed E-state index contributed by atoms with van der Waals surface area (Å²) in [4.78, 5) is 13.8. The lowest BCUT2D eigenvalue weighted by molar-refractivity contribution is -0.125. The molecule has 0 radical (unpaired) electrons. The maximum Gasteiger partial charge on any atom is 0.222 e. The smallest absolute Gasteiger partial charge is 0.222 e. The number of nitrogens with one attached hydrogen (secondary N) is 1. The zero-order valence-corrected chi connectivity index (χ0v) is 10.7. The predicted molar refractivity (Wildman–Crippen MR) is 71.4 cm³/mol. The van der Waals surface area contributed by atoms with Crippen LogP contribution < -0.4 is 10.2 Å². The molecule has 1 amide bonds. The Labute approximate surface area is 108 Å². The van der Waals surface area contributed by atoms with Crippen molar-refractivity contribution in [2.75, 3.05) is 25.0 Å². The Bertz CT molecular complexity index is 395. The van der Waals surface area contributed by atoms with Crippen LogP contribution in [0.3, 0.4) is 0 Å². The van der Waals surface area contributed by atoms with Crippen LogP contribution in [-0.2, 0) is 11.4 Å². The predicted octanol–water partition coefficient (Wildman–Crippen LogP) is 1.14. The minimum atomic E-state index is 0.0824. The molecule has 0 aliphatic carbocycles. The average molecular weight is 248 g/mol. The van der Waals surface area contributed by atoms with Crippen LogP contribution in [0, 0.1) is 5.92 Å². The molecule has 1 saturated heterocycles. The Morgan fingerprint density at radius 1 is 1.33 bits per heavy atom. The Hall–Kier alpha value is -1.55. The number of rotatable bonds is 3. The first kappa shape index (κ1) is 12.9. The van der Waals surface area contributed by atoms with Gasteiger partial charge in [0, 0.05) is 31.7 Å². The maximum absolute atomic E-state index is 11.5. The lowest BCUT2D eigenvalue weighted by Gasteiger charge is -2.32. The number of carbonyl (C=O) groups excluding carboxylic acids is 1. The minimum absolute atomic E-state index is 0.0824. The number of nitrogens with zero attached hydrogens (tertiary/aromatic N) is 1. The van der Waals surface area contributed by atoms with Crippen molar-refractivity contribution in [2.24, 2.45) is 5.92 Å². The highest BCUT2D eigenvalue weighted by Crippen LogP contribution is 2.23. The topological polar surface area (TPSA) is 52.6 Å². The molecule has 1 aromatic rings. The molecule has 2 rings (SSSR count). The highest BCUT2D eigenvalue weighted by atomic mass is 16.3. The van der Waals surface area contributed by atoms with Gasteiger partial charge in [-0.15, -0.1) is 0 Å². The van der Waals surface area contributed by atoms with Crippen molar-refractivity contribution in [1.29, 1.82) is 0 Å². The lowest BCUT2D eigenvalue weighted by Crippen LogP contribution is -2.39. The van der Waals surface area contributed by atoms with Gasteiger partial charge < -0.3 is 15.3 Å². The van der Waals surface area contributed by atoms with E-state index in [4.69, 9.17) is 5.11 Å². The van der Waals surface area contributed by atoms with E-state index in [0.717, 1.165) is 31.5 Å². The van der Waals surface area contributed by atoms with Crippen LogP contribution in [-0.4, -0.2) is 31.2 Å². The molecule has 1 fully saturated rings. The van der Waals surface area contributed by atoms with Gasteiger partial charge in [-0.1, -0.05) is 12.1 Å². The van der Waals surface area contributed by atoms with Crippen molar-refractivity contribution < 1.29 is 9.90 Å². The van der Waals surface area contributed by atoms with E-state index in [9.17, 15) is 4.79 Å². The Morgan fingerprint density at radius 2 is 1.94 bits per heavy atom. The number of aliphatic hydroxyl groups excluding tert-OH is 1. The third-order valence-corrected chi connectivity index (χ3v) is 3.60. The first-order valence-electron chi connectivity index (χ1n) is 6.41. The molecule has 0 unspecified atom stereocenters. The molecule has 18 heavy (non-hydrogen) atoms. The number of anilines is 1. The van der Waals surface area contributed by atoms with Gasteiger partial charge in [0.05, 0.1) is 6.61 Å². The van der Waals surface area contributed by atoms with E-state index in [0.29, 0.717) is 0 Å². The number of benzene rings is 1. The molecular weight excluding hydrogens is 228 g/mol. The van der Waals surface area contributed by atoms with Crippen LogP contribution in [0.1, 0.15) is 18.4 Å². The molecule has 1 aromatic carbocycles. The summed E-state index contributed by atoms with van der Waals surface area (Å²) in [6, 6.07) is 7.96. The van der Waals surface area contributed by atoms with E-state index < -0.39 is 0 Å². The summed E-state index contributed by atoms with van der Waals surface area (Å²) < 4.78 is 0. The number of carbonyl (C=O) groups is 1. The number of hydrogen-bond donors (Lipinski definition) is 2. The molecule has 1 aliphatic rings. The van der Waals surface area contributed by atoms with Gasteiger partial charge in [-0.3, -0.25) is 4.79 Å². The lowest BCUT2D eigenvalue weighted by atomic mass is 9.95. The van der Waals surface area contributed by atoms with E-state index in [-0.39, 0.29) is 18.4 Å². The minimum Gasteiger partial charge on any atom is -0.392 e. The van der Waals surface area contributed by atoms with Gasteiger partial charge in [0.15, 0.2) is 0 Å². The van der Waals surface area contributed by atoms with E-state index in [1.165, 1.54) is 5.69 Å². The van der Waals surface area contributed by atoms with Gasteiger partial charge >= 0.3 is 0 Å². The molecule has 0 aromatic heterocycles. The standard InChI is InChI=1S/C14H20N2O2/c1-15-14(18)12-6-8-16(9-7-12)13-4-2-11(10-17)3-5-13/h2-5,12,17H,6-10H2,1H3,(H,15,18). The first-order chi connectivity index (χ1) is 8.74. The van der Waals surface area contributed by atoms with Crippen molar-refractivity contribution >= 4 is 11.6 Å². The van der Waals surface area contributed by atoms with Crippen molar-refractivity contribution in [2.45, 2.75) is 19.4 Å². The average Bonchev–Trinajstić information content (AvgIpc) is 2.47. The van der Waals surface area contributed by atoms with Gasteiger partial charge in [0.1, 0.15) is 0 Å². The van der Waals surface area contributed by atoms with E-state index in [1.807, 2.05) is 24.3 Å². The summed E-state index contributed by atoms with van der Waals surface area (Å²) in [7, 11) is 1.70. The molecule has 1 heterocycles. The molecule has 0 spiro atoms. The Kier molecular flexibility index (Phi) is 4.20. The quantitative estimate of drug-likeness (QED) is 0.843. The Balaban J connectivity index is 1.94. The molecule has 1 aliphatic heterocycles. The largest absolute Gasteiger partial charge is 0.392 e. The number of piperidine rings is 1. The SMILES string of the molecule is CNC(=O)C1CCN(c2ccc(CO)cc2)CC1. The molecule has 98 valence electrons. The molecule has 0 bridgehead atoms.